The topological polar surface area (TPSA) is 101 Å². The summed E-state index contributed by atoms with van der Waals surface area (Å²) in [6.07, 6.45) is 6.99. The third-order valence-corrected chi connectivity index (χ3v) is 6.25. The maximum Gasteiger partial charge on any atom is 0.229 e. The number of anilines is 2. The Hall–Kier alpha value is -2.00. The fourth-order valence-electron chi connectivity index (χ4n) is 3.82. The second-order valence-corrected chi connectivity index (χ2v) is 8.68. The summed E-state index contributed by atoms with van der Waals surface area (Å²) in [5.74, 6) is 1.44. The zero-order valence-electron chi connectivity index (χ0n) is 17.2. The van der Waals surface area contributed by atoms with Crippen LogP contribution in [0, 0.1) is 11.8 Å². The van der Waals surface area contributed by atoms with Gasteiger partial charge in [-0.15, -0.1) is 0 Å². The molecule has 10 heteroatoms. The summed E-state index contributed by atoms with van der Waals surface area (Å²) in [5.41, 5.74) is 1.02. The molecule has 4 rings (SSSR count). The highest BCUT2D eigenvalue weighted by Gasteiger charge is 2.22. The monoisotopic (exact) mass is 464 g/mol. The number of nitrogens with zero attached hydrogens (tertiary/aromatic N) is 3. The zero-order valence-corrected chi connectivity index (χ0v) is 18.7. The summed E-state index contributed by atoms with van der Waals surface area (Å²) in [6, 6.07) is 1.69. The SMILES string of the molecule is O=C(Nc1cc(-c2nc(NCC3CCOCC3)cnc2Cl)c(Cl)cn1)[C@H]1CCCNC1. The molecule has 2 aliphatic rings. The van der Waals surface area contributed by atoms with Crippen molar-refractivity contribution in [3.05, 3.63) is 28.6 Å². The van der Waals surface area contributed by atoms with Crippen LogP contribution in [0.3, 0.4) is 0 Å². The van der Waals surface area contributed by atoms with Crippen molar-refractivity contribution in [2.24, 2.45) is 11.8 Å². The molecule has 0 spiro atoms. The van der Waals surface area contributed by atoms with E-state index in [4.69, 9.17) is 27.9 Å². The third-order valence-electron chi connectivity index (χ3n) is 5.67. The largest absolute Gasteiger partial charge is 0.381 e. The molecule has 2 aromatic rings. The van der Waals surface area contributed by atoms with Gasteiger partial charge in [-0.25, -0.2) is 15.0 Å². The number of halogens is 2. The Balaban J connectivity index is 1.49. The molecule has 3 N–H and O–H groups in total. The summed E-state index contributed by atoms with van der Waals surface area (Å²) < 4.78 is 5.41. The first-order valence-electron chi connectivity index (χ1n) is 10.6. The van der Waals surface area contributed by atoms with Gasteiger partial charge < -0.3 is 20.7 Å². The van der Waals surface area contributed by atoms with E-state index < -0.39 is 0 Å². The van der Waals surface area contributed by atoms with Crippen LogP contribution in [0.1, 0.15) is 25.7 Å². The van der Waals surface area contributed by atoms with E-state index >= 15 is 0 Å². The Morgan fingerprint density at radius 2 is 2.00 bits per heavy atom. The highest BCUT2D eigenvalue weighted by molar-refractivity contribution is 6.35. The summed E-state index contributed by atoms with van der Waals surface area (Å²) in [7, 11) is 0. The molecule has 31 heavy (non-hydrogen) atoms. The molecule has 1 atom stereocenters. The molecule has 0 saturated carbocycles. The van der Waals surface area contributed by atoms with Gasteiger partial charge in [0, 0.05) is 38.1 Å². The molecule has 0 bridgehead atoms. The maximum absolute atomic E-state index is 12.6. The molecule has 0 unspecified atom stereocenters. The number of carbonyl (C=O) groups excluding carboxylic acids is 1. The minimum Gasteiger partial charge on any atom is -0.381 e. The lowest BCUT2D eigenvalue weighted by atomic mass is 9.99. The Morgan fingerprint density at radius 3 is 2.77 bits per heavy atom. The second kappa shape index (κ2) is 10.5. The van der Waals surface area contributed by atoms with Crippen LogP contribution in [-0.4, -0.2) is 53.7 Å². The molecule has 166 valence electrons. The van der Waals surface area contributed by atoms with Gasteiger partial charge in [-0.2, -0.15) is 0 Å². The smallest absolute Gasteiger partial charge is 0.229 e. The van der Waals surface area contributed by atoms with Gasteiger partial charge in [0.15, 0.2) is 5.15 Å². The Kier molecular flexibility index (Phi) is 7.55. The van der Waals surface area contributed by atoms with Crippen LogP contribution >= 0.6 is 23.2 Å². The van der Waals surface area contributed by atoms with Crippen molar-refractivity contribution < 1.29 is 9.53 Å². The number of carbonyl (C=O) groups is 1. The van der Waals surface area contributed by atoms with Gasteiger partial charge in [-0.3, -0.25) is 4.79 Å². The number of aromatic nitrogens is 3. The summed E-state index contributed by atoms with van der Waals surface area (Å²) >= 11 is 12.7. The van der Waals surface area contributed by atoms with Gasteiger partial charge in [-0.05, 0) is 44.2 Å². The summed E-state index contributed by atoms with van der Waals surface area (Å²) in [6.45, 7) is 4.00. The standard InChI is InChI=1S/C21H26Cl2N6O2/c22-16-11-26-17(29-21(30)14-2-1-5-24-10-14)8-15(16)19-20(23)27-12-18(28-19)25-9-13-3-6-31-7-4-13/h8,11-14,24H,1-7,9-10H2,(H,25,28)(H,26,29,30)/t14-/m0/s1. The third kappa shape index (κ3) is 5.83. The van der Waals surface area contributed by atoms with Crippen LogP contribution in [-0.2, 0) is 9.53 Å². The van der Waals surface area contributed by atoms with Gasteiger partial charge in [-0.1, -0.05) is 23.2 Å². The summed E-state index contributed by atoms with van der Waals surface area (Å²) in [5, 5.41) is 10.1. The first kappa shape index (κ1) is 22.2. The first-order valence-corrected chi connectivity index (χ1v) is 11.4. The van der Waals surface area contributed by atoms with E-state index in [9.17, 15) is 4.79 Å². The second-order valence-electron chi connectivity index (χ2n) is 7.91. The molecule has 2 fully saturated rings. The molecular weight excluding hydrogens is 439 g/mol. The van der Waals surface area contributed by atoms with Crippen LogP contribution in [0.15, 0.2) is 18.5 Å². The lowest BCUT2D eigenvalue weighted by molar-refractivity contribution is -0.120. The quantitative estimate of drug-likeness (QED) is 0.599. The lowest BCUT2D eigenvalue weighted by Gasteiger charge is -2.22. The predicted octanol–water partition coefficient (Wildman–Crippen LogP) is 3.62. The highest BCUT2D eigenvalue weighted by Crippen LogP contribution is 2.33. The van der Waals surface area contributed by atoms with Crippen molar-refractivity contribution in [2.75, 3.05) is 43.5 Å². The van der Waals surface area contributed by atoms with E-state index in [0.717, 1.165) is 52.0 Å². The zero-order chi connectivity index (χ0) is 21.6. The number of pyridine rings is 1. The highest BCUT2D eigenvalue weighted by atomic mass is 35.5. The van der Waals surface area contributed by atoms with E-state index in [1.54, 1.807) is 12.3 Å². The minimum atomic E-state index is -0.0734. The molecule has 4 heterocycles. The van der Waals surface area contributed by atoms with Crippen molar-refractivity contribution in [1.82, 2.24) is 20.3 Å². The Labute approximate surface area is 191 Å². The molecule has 0 aliphatic carbocycles. The molecule has 2 aliphatic heterocycles. The van der Waals surface area contributed by atoms with Gasteiger partial charge >= 0.3 is 0 Å². The summed E-state index contributed by atoms with van der Waals surface area (Å²) in [4.78, 5) is 25.7. The molecule has 2 aromatic heterocycles. The van der Waals surface area contributed by atoms with Crippen molar-refractivity contribution >= 4 is 40.7 Å². The van der Waals surface area contributed by atoms with Crippen molar-refractivity contribution in [2.45, 2.75) is 25.7 Å². The number of amides is 1. The van der Waals surface area contributed by atoms with E-state index in [1.165, 1.54) is 6.20 Å². The number of rotatable bonds is 6. The van der Waals surface area contributed by atoms with Crippen LogP contribution < -0.4 is 16.0 Å². The van der Waals surface area contributed by atoms with Gasteiger partial charge in [0.1, 0.15) is 17.3 Å². The molecule has 2 saturated heterocycles. The number of nitrogens with one attached hydrogen (secondary N) is 3. The average molecular weight is 465 g/mol. The molecule has 0 aromatic carbocycles. The van der Waals surface area contributed by atoms with Gasteiger partial charge in [0.25, 0.3) is 0 Å². The minimum absolute atomic E-state index is 0.0583. The number of piperidine rings is 1. The fourth-order valence-corrected chi connectivity index (χ4v) is 4.21. The van der Waals surface area contributed by atoms with Gasteiger partial charge in [0.05, 0.1) is 17.1 Å². The van der Waals surface area contributed by atoms with E-state index in [-0.39, 0.29) is 17.0 Å². The first-order chi connectivity index (χ1) is 15.1. The molecule has 8 nitrogen and oxygen atoms in total. The molecule has 1 amide bonds. The Morgan fingerprint density at radius 1 is 1.16 bits per heavy atom. The normalized spacial score (nSPS) is 19.7. The average Bonchev–Trinajstić information content (AvgIpc) is 2.81. The van der Waals surface area contributed by atoms with Crippen molar-refractivity contribution in [1.29, 1.82) is 0 Å². The number of hydrogen-bond acceptors (Lipinski definition) is 7. The molecule has 0 radical (unpaired) electrons. The van der Waals surface area contributed by atoms with Crippen molar-refractivity contribution in [3.63, 3.8) is 0 Å². The van der Waals surface area contributed by atoms with Crippen molar-refractivity contribution in [3.8, 4) is 11.3 Å². The van der Waals surface area contributed by atoms with Crippen LogP contribution in [0.5, 0.6) is 0 Å². The van der Waals surface area contributed by atoms with E-state index in [0.29, 0.717) is 40.4 Å². The predicted molar refractivity (Wildman–Crippen MR) is 122 cm³/mol. The van der Waals surface area contributed by atoms with Crippen LogP contribution in [0.25, 0.3) is 11.3 Å². The Bertz CT molecular complexity index is 917. The van der Waals surface area contributed by atoms with Crippen LogP contribution in [0.4, 0.5) is 11.6 Å². The van der Waals surface area contributed by atoms with Gasteiger partial charge in [0.2, 0.25) is 5.91 Å². The van der Waals surface area contributed by atoms with E-state index in [1.807, 2.05) is 0 Å². The fraction of sp³-hybridized carbons (Fsp3) is 0.524. The lowest BCUT2D eigenvalue weighted by Crippen LogP contribution is -2.37. The number of hydrogen-bond donors (Lipinski definition) is 3. The molecular formula is C21H26Cl2N6O2. The van der Waals surface area contributed by atoms with E-state index in [2.05, 4.69) is 30.9 Å². The van der Waals surface area contributed by atoms with Crippen LogP contribution in [0.2, 0.25) is 10.2 Å². The number of ether oxygens (including phenoxy) is 1. The maximum atomic E-state index is 12.6.